The lowest BCUT2D eigenvalue weighted by molar-refractivity contribution is -0.465. The van der Waals surface area contributed by atoms with Gasteiger partial charge in [-0.3, -0.25) is 9.59 Å². The molecule has 4 aliphatic carbocycles. The first-order valence-corrected chi connectivity index (χ1v) is 11.5. The van der Waals surface area contributed by atoms with Gasteiger partial charge in [-0.2, -0.15) is 0 Å². The molecule has 4 saturated carbocycles. The first kappa shape index (κ1) is 21.4. The maximum Gasteiger partial charge on any atom is 0.303 e. The summed E-state index contributed by atoms with van der Waals surface area (Å²) in [6.45, 7) is 11.4. The van der Waals surface area contributed by atoms with Gasteiger partial charge in [0.2, 0.25) is 5.79 Å². The number of hydrogen-bond donors (Lipinski definition) is 2. The average Bonchev–Trinajstić information content (AvgIpc) is 2.87. The number of aliphatic hydroxyl groups excluding tert-OH is 1. The quantitative estimate of drug-likeness (QED) is 0.508. The average molecular weight is 435 g/mol. The van der Waals surface area contributed by atoms with E-state index in [4.69, 9.17) is 14.2 Å². The number of hydrogen-bond acceptors (Lipinski definition) is 7. The summed E-state index contributed by atoms with van der Waals surface area (Å²) < 4.78 is 17.9. The third kappa shape index (κ3) is 2.35. The lowest BCUT2D eigenvalue weighted by atomic mass is 9.36. The first-order valence-electron chi connectivity index (χ1n) is 11.5. The number of esters is 2. The van der Waals surface area contributed by atoms with E-state index in [-0.39, 0.29) is 29.8 Å². The minimum absolute atomic E-state index is 0.0918. The Bertz CT molecular complexity index is 851. The Hall–Kier alpha value is -1.44. The van der Waals surface area contributed by atoms with Crippen LogP contribution in [-0.2, 0) is 23.8 Å². The molecule has 31 heavy (non-hydrogen) atoms. The van der Waals surface area contributed by atoms with Crippen LogP contribution < -0.4 is 0 Å². The molecule has 7 nitrogen and oxygen atoms in total. The van der Waals surface area contributed by atoms with Gasteiger partial charge in [0.1, 0.15) is 6.10 Å². The van der Waals surface area contributed by atoms with E-state index < -0.39 is 46.9 Å². The van der Waals surface area contributed by atoms with Crippen molar-refractivity contribution in [2.45, 2.75) is 83.9 Å². The van der Waals surface area contributed by atoms with Gasteiger partial charge in [0, 0.05) is 25.2 Å². The molecular weight excluding hydrogens is 400 g/mol. The van der Waals surface area contributed by atoms with Crippen molar-refractivity contribution in [2.24, 2.45) is 34.0 Å². The fourth-order valence-electron chi connectivity index (χ4n) is 8.67. The Balaban J connectivity index is 1.77. The molecule has 2 aliphatic heterocycles. The summed E-state index contributed by atoms with van der Waals surface area (Å²) in [6.07, 6.45) is 1.24. The van der Waals surface area contributed by atoms with Crippen molar-refractivity contribution in [3.8, 4) is 0 Å². The fraction of sp³-hybridized carbons (Fsp3) is 0.833. The van der Waals surface area contributed by atoms with E-state index in [0.717, 1.165) is 24.8 Å². The van der Waals surface area contributed by atoms with Gasteiger partial charge in [-0.25, -0.2) is 0 Å². The molecule has 4 bridgehead atoms. The topological polar surface area (TPSA) is 102 Å². The van der Waals surface area contributed by atoms with Gasteiger partial charge in [0.15, 0.2) is 6.10 Å². The molecule has 0 aromatic carbocycles. The standard InChI is InChI=1S/C24H34O7/c1-12-15-6-7-16-22-11-29-24(28,23(16,10-15)19(12)30-13(2)25)20(31-14(3)26)18(22)21(4,5)9-8-17(22)27/h15-20,27-28H,1,6-11H2,2-5H3/t15-,16+,17+,18-,19-,20+,22-,23-,24-/m1/s1. The zero-order chi connectivity index (χ0) is 22.6. The minimum atomic E-state index is -1.82. The first-order chi connectivity index (χ1) is 14.4. The van der Waals surface area contributed by atoms with Crippen molar-refractivity contribution in [1.29, 1.82) is 0 Å². The summed E-state index contributed by atoms with van der Waals surface area (Å²) in [6, 6.07) is 0. The molecule has 6 fully saturated rings. The SMILES string of the molecule is C=C1[C@@H]2CC[C@H]3[C@@]45CO[C@](O)([C@@H](OC(C)=O)[C@@H]4C(C)(C)CC[C@@H]5O)[C@@]3(C2)[C@@H]1OC(C)=O. The van der Waals surface area contributed by atoms with Gasteiger partial charge >= 0.3 is 11.9 Å². The Morgan fingerprint density at radius 1 is 1.13 bits per heavy atom. The van der Waals surface area contributed by atoms with Crippen LogP contribution in [0.25, 0.3) is 0 Å². The van der Waals surface area contributed by atoms with E-state index in [2.05, 4.69) is 20.4 Å². The number of fused-ring (bicyclic) bond motifs is 2. The Morgan fingerprint density at radius 2 is 1.81 bits per heavy atom. The Morgan fingerprint density at radius 3 is 2.45 bits per heavy atom. The maximum absolute atomic E-state index is 12.3. The second kappa shape index (κ2) is 6.33. The molecule has 0 unspecified atom stereocenters. The van der Waals surface area contributed by atoms with Crippen LogP contribution in [0, 0.1) is 34.0 Å². The number of ether oxygens (including phenoxy) is 3. The van der Waals surface area contributed by atoms with Crippen LogP contribution in [0.1, 0.15) is 59.8 Å². The third-order valence-corrected chi connectivity index (χ3v) is 9.57. The molecule has 0 amide bonds. The van der Waals surface area contributed by atoms with Crippen molar-refractivity contribution in [2.75, 3.05) is 6.61 Å². The van der Waals surface area contributed by atoms with Crippen LogP contribution in [0.2, 0.25) is 0 Å². The third-order valence-electron chi connectivity index (χ3n) is 9.57. The molecule has 6 aliphatic rings. The van der Waals surface area contributed by atoms with Crippen LogP contribution in [0.5, 0.6) is 0 Å². The molecule has 6 rings (SSSR count). The molecule has 7 heteroatoms. The highest BCUT2D eigenvalue weighted by molar-refractivity contribution is 5.67. The molecule has 172 valence electrons. The smallest absolute Gasteiger partial charge is 0.303 e. The van der Waals surface area contributed by atoms with E-state index in [1.54, 1.807) is 0 Å². The summed E-state index contributed by atoms with van der Waals surface area (Å²) in [5, 5.41) is 23.9. The largest absolute Gasteiger partial charge is 0.457 e. The zero-order valence-electron chi connectivity index (χ0n) is 18.8. The summed E-state index contributed by atoms with van der Waals surface area (Å²) in [5.41, 5.74) is -1.17. The summed E-state index contributed by atoms with van der Waals surface area (Å²) in [4.78, 5) is 24.3. The zero-order valence-corrected chi connectivity index (χ0v) is 18.8. The molecule has 2 N–H and O–H groups in total. The van der Waals surface area contributed by atoms with Crippen LogP contribution in [-0.4, -0.2) is 52.9 Å². The van der Waals surface area contributed by atoms with Crippen LogP contribution in [0.4, 0.5) is 0 Å². The Kier molecular flexibility index (Phi) is 4.37. The second-order valence-corrected chi connectivity index (χ2v) is 11.3. The highest BCUT2D eigenvalue weighted by atomic mass is 16.7. The van der Waals surface area contributed by atoms with Gasteiger partial charge in [-0.05, 0) is 54.9 Å². The number of aliphatic hydroxyl groups is 2. The lowest BCUT2D eigenvalue weighted by Gasteiger charge is -2.75. The maximum atomic E-state index is 12.3. The van der Waals surface area contributed by atoms with Crippen LogP contribution >= 0.6 is 0 Å². The van der Waals surface area contributed by atoms with Gasteiger partial charge in [-0.15, -0.1) is 0 Å². The summed E-state index contributed by atoms with van der Waals surface area (Å²) in [7, 11) is 0. The van der Waals surface area contributed by atoms with Gasteiger partial charge in [-0.1, -0.05) is 20.4 Å². The molecule has 0 aromatic rings. The predicted octanol–water partition coefficient (Wildman–Crippen LogP) is 2.34. The van der Waals surface area contributed by atoms with E-state index in [9.17, 15) is 19.8 Å². The van der Waals surface area contributed by atoms with Crippen molar-refractivity contribution in [1.82, 2.24) is 0 Å². The Labute approximate surface area is 183 Å². The number of carbonyl (C=O) groups excluding carboxylic acids is 2. The number of rotatable bonds is 2. The van der Waals surface area contributed by atoms with Gasteiger partial charge in [0.25, 0.3) is 0 Å². The lowest BCUT2D eigenvalue weighted by Crippen LogP contribution is -2.84. The monoisotopic (exact) mass is 434 g/mol. The molecule has 0 aromatic heterocycles. The van der Waals surface area contributed by atoms with E-state index in [1.807, 2.05) is 0 Å². The predicted molar refractivity (Wildman–Crippen MR) is 109 cm³/mol. The van der Waals surface area contributed by atoms with Crippen molar-refractivity contribution < 1.29 is 34.0 Å². The van der Waals surface area contributed by atoms with Gasteiger partial charge < -0.3 is 24.4 Å². The van der Waals surface area contributed by atoms with Crippen molar-refractivity contribution in [3.05, 3.63) is 12.2 Å². The van der Waals surface area contributed by atoms with E-state index in [0.29, 0.717) is 12.8 Å². The summed E-state index contributed by atoms with van der Waals surface area (Å²) >= 11 is 0. The number of carbonyl (C=O) groups is 2. The van der Waals surface area contributed by atoms with E-state index in [1.165, 1.54) is 13.8 Å². The highest BCUT2D eigenvalue weighted by Crippen LogP contribution is 2.78. The summed E-state index contributed by atoms with van der Waals surface area (Å²) in [5.74, 6) is -3.08. The van der Waals surface area contributed by atoms with Crippen molar-refractivity contribution in [3.63, 3.8) is 0 Å². The van der Waals surface area contributed by atoms with Crippen molar-refractivity contribution >= 4 is 11.9 Å². The molecule has 2 heterocycles. The molecule has 0 radical (unpaired) electrons. The molecule has 2 spiro atoms. The fourth-order valence-corrected chi connectivity index (χ4v) is 8.67. The van der Waals surface area contributed by atoms with Crippen LogP contribution in [0.3, 0.4) is 0 Å². The van der Waals surface area contributed by atoms with Gasteiger partial charge in [0.05, 0.1) is 18.1 Å². The molecule has 2 saturated heterocycles. The molecular formula is C24H34O7. The normalized spacial score (nSPS) is 51.6. The van der Waals surface area contributed by atoms with Crippen LogP contribution in [0.15, 0.2) is 12.2 Å². The minimum Gasteiger partial charge on any atom is -0.457 e. The second-order valence-electron chi connectivity index (χ2n) is 11.3. The molecule has 9 atom stereocenters. The van der Waals surface area contributed by atoms with E-state index >= 15 is 0 Å². The highest BCUT2D eigenvalue weighted by Gasteiger charge is 2.85.